The molecule has 0 unspecified atom stereocenters. The number of hydrogen-bond acceptors (Lipinski definition) is 1. The van der Waals surface area contributed by atoms with Gasteiger partial charge in [0.25, 0.3) is 0 Å². The summed E-state index contributed by atoms with van der Waals surface area (Å²) >= 11 is 0. The highest BCUT2D eigenvalue weighted by Crippen LogP contribution is 2.49. The van der Waals surface area contributed by atoms with Gasteiger partial charge in [0.05, 0.1) is 28.2 Å². The van der Waals surface area contributed by atoms with Crippen LogP contribution in [0, 0.1) is 0 Å². The molecule has 0 aromatic heterocycles. The molecule has 1 N–H and O–H groups in total. The van der Waals surface area contributed by atoms with Crippen LogP contribution in [0.5, 0.6) is 5.75 Å². The first kappa shape index (κ1) is 25.0. The summed E-state index contributed by atoms with van der Waals surface area (Å²) in [5.41, 5.74) is 8.30. The SMILES string of the molecule is C[N+](C)(C)C.Oc1cc(-c2ccccc2)c(-c2ccccc2)c(-c2ccccc2)c1-c1ccccc1. The molecular formula is C34H34NO+. The molecule has 0 fully saturated rings. The zero-order valence-corrected chi connectivity index (χ0v) is 21.5. The average molecular weight is 473 g/mol. The second-order valence-electron chi connectivity index (χ2n) is 10.2. The number of benzene rings is 5. The molecule has 2 nitrogen and oxygen atoms in total. The lowest BCUT2D eigenvalue weighted by atomic mass is 9.82. The number of phenolic OH excluding ortho intramolecular Hbond substituents is 1. The fraction of sp³-hybridized carbons (Fsp3) is 0.118. The van der Waals surface area contributed by atoms with Crippen molar-refractivity contribution in [2.45, 2.75) is 0 Å². The Morgan fingerprint density at radius 3 is 1.11 bits per heavy atom. The monoisotopic (exact) mass is 472 g/mol. The van der Waals surface area contributed by atoms with E-state index >= 15 is 0 Å². The van der Waals surface area contributed by atoms with Gasteiger partial charge in [0.1, 0.15) is 5.75 Å². The summed E-state index contributed by atoms with van der Waals surface area (Å²) < 4.78 is 1.00. The summed E-state index contributed by atoms with van der Waals surface area (Å²) in [6.45, 7) is 0. The molecule has 0 atom stereocenters. The Morgan fingerprint density at radius 2 is 0.722 bits per heavy atom. The molecule has 0 radical (unpaired) electrons. The molecule has 0 aliphatic rings. The topological polar surface area (TPSA) is 20.2 Å². The third-order valence-corrected chi connectivity index (χ3v) is 5.58. The Balaban J connectivity index is 0.000000556. The van der Waals surface area contributed by atoms with Gasteiger partial charge in [-0.05, 0) is 39.4 Å². The zero-order valence-electron chi connectivity index (χ0n) is 21.5. The van der Waals surface area contributed by atoms with Crippen LogP contribution in [0.1, 0.15) is 0 Å². The first-order valence-corrected chi connectivity index (χ1v) is 12.2. The Bertz CT molecular complexity index is 1380. The molecule has 36 heavy (non-hydrogen) atoms. The van der Waals surface area contributed by atoms with E-state index in [9.17, 15) is 5.11 Å². The molecule has 2 heteroatoms. The molecule has 0 aliphatic heterocycles. The van der Waals surface area contributed by atoms with Crippen molar-refractivity contribution < 1.29 is 9.59 Å². The third-order valence-electron chi connectivity index (χ3n) is 5.58. The van der Waals surface area contributed by atoms with Crippen LogP contribution in [0.15, 0.2) is 127 Å². The lowest BCUT2D eigenvalue weighted by molar-refractivity contribution is -0.849. The summed E-state index contributed by atoms with van der Waals surface area (Å²) in [6.07, 6.45) is 0. The number of hydrogen-bond donors (Lipinski definition) is 1. The Morgan fingerprint density at radius 1 is 0.417 bits per heavy atom. The van der Waals surface area contributed by atoms with Crippen molar-refractivity contribution in [1.82, 2.24) is 0 Å². The molecule has 0 saturated carbocycles. The van der Waals surface area contributed by atoms with Gasteiger partial charge in [0, 0.05) is 11.1 Å². The molecule has 0 amide bonds. The predicted octanol–water partition coefficient (Wildman–Crippen LogP) is 8.38. The van der Waals surface area contributed by atoms with Gasteiger partial charge in [0.15, 0.2) is 0 Å². The average Bonchev–Trinajstić information content (AvgIpc) is 2.89. The minimum atomic E-state index is 0.281. The minimum absolute atomic E-state index is 0.281. The number of phenols is 1. The number of nitrogens with zero attached hydrogens (tertiary/aromatic N) is 1. The fourth-order valence-electron chi connectivity index (χ4n) is 4.21. The van der Waals surface area contributed by atoms with Crippen LogP contribution < -0.4 is 0 Å². The van der Waals surface area contributed by atoms with Gasteiger partial charge in [-0.1, -0.05) is 121 Å². The maximum absolute atomic E-state index is 11.3. The van der Waals surface area contributed by atoms with Crippen LogP contribution in [0.3, 0.4) is 0 Å². The molecule has 0 heterocycles. The van der Waals surface area contributed by atoms with Gasteiger partial charge in [-0.2, -0.15) is 0 Å². The summed E-state index contributed by atoms with van der Waals surface area (Å²) in [6, 6.07) is 43.1. The third kappa shape index (κ3) is 6.10. The summed E-state index contributed by atoms with van der Waals surface area (Å²) in [7, 11) is 8.50. The van der Waals surface area contributed by atoms with Crippen molar-refractivity contribution in [2.24, 2.45) is 0 Å². The minimum Gasteiger partial charge on any atom is -0.507 e. The lowest BCUT2D eigenvalue weighted by Crippen LogP contribution is -2.27. The van der Waals surface area contributed by atoms with E-state index in [4.69, 9.17) is 0 Å². The first-order valence-electron chi connectivity index (χ1n) is 12.2. The highest BCUT2D eigenvalue weighted by Gasteiger charge is 2.22. The van der Waals surface area contributed by atoms with Crippen LogP contribution in [-0.4, -0.2) is 37.8 Å². The molecule has 0 aliphatic carbocycles. The van der Waals surface area contributed by atoms with Crippen molar-refractivity contribution in [3.8, 4) is 50.3 Å². The van der Waals surface area contributed by atoms with Crippen molar-refractivity contribution in [2.75, 3.05) is 28.2 Å². The van der Waals surface area contributed by atoms with Crippen LogP contribution in [-0.2, 0) is 0 Å². The molecule has 0 bridgehead atoms. The van der Waals surface area contributed by atoms with E-state index in [1.807, 2.05) is 66.7 Å². The van der Waals surface area contributed by atoms with E-state index in [1.165, 1.54) is 0 Å². The number of quaternary nitrogens is 1. The van der Waals surface area contributed by atoms with E-state index < -0.39 is 0 Å². The van der Waals surface area contributed by atoms with Gasteiger partial charge in [-0.3, -0.25) is 0 Å². The molecular weight excluding hydrogens is 438 g/mol. The van der Waals surface area contributed by atoms with Crippen LogP contribution in [0.25, 0.3) is 44.5 Å². The quantitative estimate of drug-likeness (QED) is 0.260. The van der Waals surface area contributed by atoms with Gasteiger partial charge < -0.3 is 9.59 Å². The smallest absolute Gasteiger partial charge is 0.124 e. The molecule has 0 saturated heterocycles. The maximum Gasteiger partial charge on any atom is 0.124 e. The fourth-order valence-corrected chi connectivity index (χ4v) is 4.21. The van der Waals surface area contributed by atoms with Gasteiger partial charge in [-0.25, -0.2) is 0 Å². The van der Waals surface area contributed by atoms with Crippen LogP contribution in [0.4, 0.5) is 0 Å². The van der Waals surface area contributed by atoms with E-state index in [1.54, 1.807) is 0 Å². The van der Waals surface area contributed by atoms with Crippen LogP contribution >= 0.6 is 0 Å². The highest BCUT2D eigenvalue weighted by atomic mass is 16.3. The predicted molar refractivity (Wildman–Crippen MR) is 154 cm³/mol. The molecule has 5 aromatic rings. The number of rotatable bonds is 4. The Labute approximate surface area is 215 Å². The van der Waals surface area contributed by atoms with Crippen molar-refractivity contribution in [3.05, 3.63) is 127 Å². The maximum atomic E-state index is 11.3. The lowest BCUT2D eigenvalue weighted by Gasteiger charge is -2.22. The Kier molecular flexibility index (Phi) is 7.68. The molecule has 5 aromatic carbocycles. The van der Waals surface area contributed by atoms with E-state index in [0.29, 0.717) is 0 Å². The largest absolute Gasteiger partial charge is 0.507 e. The van der Waals surface area contributed by atoms with E-state index in [-0.39, 0.29) is 5.75 Å². The van der Waals surface area contributed by atoms with E-state index in [0.717, 1.165) is 49.0 Å². The van der Waals surface area contributed by atoms with Crippen molar-refractivity contribution >= 4 is 0 Å². The summed E-state index contributed by atoms with van der Waals surface area (Å²) in [5.74, 6) is 0.281. The van der Waals surface area contributed by atoms with Crippen molar-refractivity contribution in [3.63, 3.8) is 0 Å². The first-order chi connectivity index (χ1) is 17.3. The highest BCUT2D eigenvalue weighted by molar-refractivity contribution is 6.03. The summed E-state index contributed by atoms with van der Waals surface area (Å²) in [4.78, 5) is 0. The van der Waals surface area contributed by atoms with E-state index in [2.05, 4.69) is 88.9 Å². The van der Waals surface area contributed by atoms with Gasteiger partial charge in [0.2, 0.25) is 0 Å². The standard InChI is InChI=1S/C30H22O.C4H12N/c31-27-21-26(22-13-5-1-6-14-22)28(23-15-7-2-8-16-23)30(25-19-11-4-12-20-25)29(27)24-17-9-3-10-18-24;1-5(2,3)4/h1-21,31H;1-4H3/q;+1. The van der Waals surface area contributed by atoms with Crippen LogP contribution in [0.2, 0.25) is 0 Å². The zero-order chi connectivity index (χ0) is 25.5. The van der Waals surface area contributed by atoms with Crippen molar-refractivity contribution in [1.29, 1.82) is 0 Å². The molecule has 0 spiro atoms. The molecule has 180 valence electrons. The normalized spacial score (nSPS) is 10.9. The Hall–Kier alpha value is -4.14. The number of aromatic hydroxyl groups is 1. The molecule has 5 rings (SSSR count). The van der Waals surface area contributed by atoms with Gasteiger partial charge in [-0.15, -0.1) is 0 Å². The summed E-state index contributed by atoms with van der Waals surface area (Å²) in [5, 5.41) is 11.3. The van der Waals surface area contributed by atoms with Gasteiger partial charge >= 0.3 is 0 Å². The second-order valence-corrected chi connectivity index (χ2v) is 10.2. The second kappa shape index (κ2) is 11.1.